The maximum atomic E-state index is 12.7. The van der Waals surface area contributed by atoms with Gasteiger partial charge in [-0.1, -0.05) is 12.1 Å². The van der Waals surface area contributed by atoms with Gasteiger partial charge in [0.25, 0.3) is 0 Å². The van der Waals surface area contributed by atoms with E-state index in [9.17, 15) is 4.79 Å². The van der Waals surface area contributed by atoms with E-state index < -0.39 is 0 Å². The van der Waals surface area contributed by atoms with Crippen molar-refractivity contribution in [3.63, 3.8) is 0 Å². The first kappa shape index (κ1) is 16.2. The van der Waals surface area contributed by atoms with E-state index in [1.54, 1.807) is 11.8 Å². The number of rotatable bonds is 4. The van der Waals surface area contributed by atoms with E-state index in [-0.39, 0.29) is 17.2 Å². The molecule has 1 N–H and O–H groups in total. The summed E-state index contributed by atoms with van der Waals surface area (Å²) < 4.78 is 0. The van der Waals surface area contributed by atoms with E-state index in [4.69, 9.17) is 0 Å². The first-order chi connectivity index (χ1) is 11.7. The molecule has 4 aliphatic rings. The molecule has 3 saturated heterocycles. The fourth-order valence-corrected chi connectivity index (χ4v) is 5.40. The molecule has 0 radical (unpaired) electrons. The Morgan fingerprint density at radius 2 is 2.25 bits per heavy atom. The fourth-order valence-electron chi connectivity index (χ4n) is 4.39. The van der Waals surface area contributed by atoms with Gasteiger partial charge in [0.05, 0.1) is 5.25 Å². The maximum Gasteiger partial charge on any atom is 0.234 e. The largest absolute Gasteiger partial charge is 0.351 e. The highest BCUT2D eigenvalue weighted by Crippen LogP contribution is 2.36. The Hall–Kier alpha value is -1.33. The highest BCUT2D eigenvalue weighted by Gasteiger charge is 2.43. The van der Waals surface area contributed by atoms with Crippen LogP contribution in [0.15, 0.2) is 35.5 Å². The van der Waals surface area contributed by atoms with Gasteiger partial charge in [-0.05, 0) is 68.1 Å². The normalized spacial score (nSPS) is 34.9. The number of thioether (sulfide) groups is 1. The van der Waals surface area contributed by atoms with Crippen LogP contribution in [0.4, 0.5) is 0 Å². The molecular weight excluding hydrogens is 318 g/mol. The van der Waals surface area contributed by atoms with Crippen LogP contribution in [0.5, 0.6) is 0 Å². The quantitative estimate of drug-likeness (QED) is 0.913. The standard InChI is InChI=1S/C19H25N3OS/c1-13-4-5-17(24-13)19(23)21-18-15-6-9-22(10-7-15)16(18)11-14-3-2-8-20-12-14/h2-4,8,12,15-18H,5-7,9-11H2,1H3,(H,21,23)/t16-,17?,18+/m0/s1. The van der Waals surface area contributed by atoms with E-state index in [0.29, 0.717) is 12.0 Å². The molecule has 4 aliphatic heterocycles. The van der Waals surface area contributed by atoms with Crippen molar-refractivity contribution in [3.8, 4) is 0 Å². The number of nitrogens with one attached hydrogen (secondary N) is 1. The third-order valence-electron chi connectivity index (χ3n) is 5.68. The molecule has 1 amide bonds. The zero-order valence-electron chi connectivity index (χ0n) is 14.1. The average molecular weight is 343 g/mol. The number of nitrogens with zero attached hydrogens (tertiary/aromatic N) is 2. The molecule has 4 nitrogen and oxygen atoms in total. The minimum atomic E-state index is 0.0690. The van der Waals surface area contributed by atoms with Gasteiger partial charge in [0.1, 0.15) is 0 Å². The minimum Gasteiger partial charge on any atom is -0.351 e. The number of hydrogen-bond donors (Lipinski definition) is 1. The van der Waals surface area contributed by atoms with Crippen molar-refractivity contribution in [2.45, 2.75) is 49.9 Å². The number of carbonyl (C=O) groups is 1. The van der Waals surface area contributed by atoms with Crippen molar-refractivity contribution >= 4 is 17.7 Å². The first-order valence-electron chi connectivity index (χ1n) is 8.97. The summed E-state index contributed by atoms with van der Waals surface area (Å²) in [5, 5.41) is 3.50. The van der Waals surface area contributed by atoms with Gasteiger partial charge < -0.3 is 5.32 Å². The summed E-state index contributed by atoms with van der Waals surface area (Å²) in [7, 11) is 0. The zero-order chi connectivity index (χ0) is 16.5. The number of fused-ring (bicyclic) bond motifs is 3. The van der Waals surface area contributed by atoms with Gasteiger partial charge in [-0.25, -0.2) is 0 Å². The Morgan fingerprint density at radius 3 is 2.92 bits per heavy atom. The predicted octanol–water partition coefficient (Wildman–Crippen LogP) is 2.61. The molecule has 1 aromatic heterocycles. The van der Waals surface area contributed by atoms with Crippen LogP contribution >= 0.6 is 11.8 Å². The summed E-state index contributed by atoms with van der Waals surface area (Å²) in [5.74, 6) is 0.851. The van der Waals surface area contributed by atoms with Crippen molar-refractivity contribution in [2.24, 2.45) is 5.92 Å². The molecule has 0 spiro atoms. The van der Waals surface area contributed by atoms with Crippen molar-refractivity contribution in [3.05, 3.63) is 41.1 Å². The number of pyridine rings is 1. The second-order valence-electron chi connectivity index (χ2n) is 7.20. The van der Waals surface area contributed by atoms with Gasteiger partial charge >= 0.3 is 0 Å². The number of hydrogen-bond acceptors (Lipinski definition) is 4. The summed E-state index contributed by atoms with van der Waals surface area (Å²) in [6, 6.07) is 4.84. The topological polar surface area (TPSA) is 45.2 Å². The highest BCUT2D eigenvalue weighted by molar-refractivity contribution is 8.04. The molecule has 5 heteroatoms. The summed E-state index contributed by atoms with van der Waals surface area (Å²) in [5.41, 5.74) is 1.27. The Labute approximate surface area is 148 Å². The van der Waals surface area contributed by atoms with Crippen LogP contribution in [0.25, 0.3) is 0 Å². The first-order valence-corrected chi connectivity index (χ1v) is 9.85. The van der Waals surface area contributed by atoms with Crippen LogP contribution < -0.4 is 5.32 Å². The average Bonchev–Trinajstić information content (AvgIpc) is 3.05. The van der Waals surface area contributed by atoms with Crippen LogP contribution in [-0.2, 0) is 11.2 Å². The number of amides is 1. The van der Waals surface area contributed by atoms with Crippen molar-refractivity contribution in [1.29, 1.82) is 0 Å². The Balaban J connectivity index is 1.47. The molecule has 5 rings (SSSR count). The third-order valence-corrected chi connectivity index (χ3v) is 6.91. The highest BCUT2D eigenvalue weighted by atomic mass is 32.2. The molecule has 1 unspecified atom stereocenters. The molecule has 3 atom stereocenters. The number of piperidine rings is 3. The summed E-state index contributed by atoms with van der Waals surface area (Å²) >= 11 is 1.71. The lowest BCUT2D eigenvalue weighted by Gasteiger charge is -2.51. The van der Waals surface area contributed by atoms with E-state index in [0.717, 1.165) is 12.8 Å². The Bertz CT molecular complexity index is 625. The van der Waals surface area contributed by atoms with Crippen molar-refractivity contribution < 1.29 is 4.79 Å². The third kappa shape index (κ3) is 3.24. The molecule has 2 bridgehead atoms. The number of allylic oxidation sites excluding steroid dienone is 2. The minimum absolute atomic E-state index is 0.0690. The summed E-state index contributed by atoms with van der Waals surface area (Å²) in [6.07, 6.45) is 10.2. The van der Waals surface area contributed by atoms with Gasteiger partial charge in [0.15, 0.2) is 0 Å². The molecule has 5 heterocycles. The maximum absolute atomic E-state index is 12.7. The lowest BCUT2D eigenvalue weighted by atomic mass is 9.76. The van der Waals surface area contributed by atoms with E-state index in [1.165, 1.54) is 36.4 Å². The van der Waals surface area contributed by atoms with Crippen LogP contribution in [0.3, 0.4) is 0 Å². The molecule has 24 heavy (non-hydrogen) atoms. The van der Waals surface area contributed by atoms with Crippen LogP contribution in [0.1, 0.15) is 31.7 Å². The number of carbonyl (C=O) groups excluding carboxylic acids is 1. The monoisotopic (exact) mass is 343 g/mol. The second kappa shape index (κ2) is 6.89. The van der Waals surface area contributed by atoms with Gasteiger partial charge in [0, 0.05) is 24.5 Å². The lowest BCUT2D eigenvalue weighted by Crippen LogP contribution is -2.64. The second-order valence-corrected chi connectivity index (χ2v) is 8.65. The molecule has 0 saturated carbocycles. The van der Waals surface area contributed by atoms with Crippen molar-refractivity contribution in [1.82, 2.24) is 15.2 Å². The predicted molar refractivity (Wildman–Crippen MR) is 97.7 cm³/mol. The summed E-state index contributed by atoms with van der Waals surface area (Å²) in [6.45, 7) is 4.43. The zero-order valence-corrected chi connectivity index (χ0v) is 15.0. The van der Waals surface area contributed by atoms with Crippen LogP contribution in [0, 0.1) is 5.92 Å². The van der Waals surface area contributed by atoms with Crippen LogP contribution in [0.2, 0.25) is 0 Å². The Kier molecular flexibility index (Phi) is 4.63. The lowest BCUT2D eigenvalue weighted by molar-refractivity contribution is -0.123. The van der Waals surface area contributed by atoms with Gasteiger partial charge in [-0.2, -0.15) is 0 Å². The van der Waals surface area contributed by atoms with E-state index in [1.807, 2.05) is 18.5 Å². The van der Waals surface area contributed by atoms with E-state index >= 15 is 0 Å². The Morgan fingerprint density at radius 1 is 1.42 bits per heavy atom. The SMILES string of the molecule is CC1=CCC(C(=O)N[C@@H]2C3CCN(CC3)[C@H]2Cc2cccnc2)S1. The van der Waals surface area contributed by atoms with Crippen molar-refractivity contribution in [2.75, 3.05) is 13.1 Å². The van der Waals surface area contributed by atoms with Gasteiger partial charge in [-0.3, -0.25) is 14.7 Å². The molecule has 3 fully saturated rings. The molecule has 1 aromatic rings. The summed E-state index contributed by atoms with van der Waals surface area (Å²) in [4.78, 5) is 20.8. The van der Waals surface area contributed by atoms with Gasteiger partial charge in [0.2, 0.25) is 5.91 Å². The van der Waals surface area contributed by atoms with Crippen LogP contribution in [-0.4, -0.2) is 46.2 Å². The van der Waals surface area contributed by atoms with Gasteiger partial charge in [-0.15, -0.1) is 11.8 Å². The number of aromatic nitrogens is 1. The fraction of sp³-hybridized carbons (Fsp3) is 0.579. The molecule has 128 valence electrons. The molecular formula is C19H25N3OS. The smallest absolute Gasteiger partial charge is 0.234 e. The molecule has 0 aromatic carbocycles. The van der Waals surface area contributed by atoms with E-state index in [2.05, 4.69) is 34.3 Å². The molecule has 0 aliphatic carbocycles.